The van der Waals surface area contributed by atoms with Crippen LogP contribution in [0.2, 0.25) is 0 Å². The number of alkyl halides is 1. The van der Waals surface area contributed by atoms with E-state index in [0.29, 0.717) is 11.7 Å². The third-order valence-corrected chi connectivity index (χ3v) is 3.27. The first-order valence-corrected chi connectivity index (χ1v) is 5.79. The second-order valence-corrected chi connectivity index (χ2v) is 4.92. The fraction of sp³-hybridized carbons (Fsp3) is 0.583. The number of halogens is 1. The summed E-state index contributed by atoms with van der Waals surface area (Å²) in [6, 6.07) is 2.09. The fourth-order valence-corrected chi connectivity index (χ4v) is 1.58. The molecule has 0 bridgehead atoms. The summed E-state index contributed by atoms with van der Waals surface area (Å²) in [7, 11) is 0. The molecule has 2 N–H and O–H groups in total. The highest BCUT2D eigenvalue weighted by Gasteiger charge is 2.10. The van der Waals surface area contributed by atoms with Crippen LogP contribution in [0.5, 0.6) is 0 Å². The van der Waals surface area contributed by atoms with Crippen molar-refractivity contribution in [1.82, 2.24) is 4.98 Å². The zero-order valence-electron chi connectivity index (χ0n) is 9.63. The van der Waals surface area contributed by atoms with Gasteiger partial charge in [-0.15, -0.1) is 11.6 Å². The maximum Gasteiger partial charge on any atom is 0.126 e. The zero-order valence-corrected chi connectivity index (χ0v) is 10.4. The summed E-state index contributed by atoms with van der Waals surface area (Å²) >= 11 is 6.20. The van der Waals surface area contributed by atoms with Gasteiger partial charge in [-0.2, -0.15) is 0 Å². The van der Waals surface area contributed by atoms with E-state index in [-0.39, 0.29) is 5.38 Å². The van der Waals surface area contributed by atoms with Crippen molar-refractivity contribution in [3.8, 4) is 0 Å². The van der Waals surface area contributed by atoms with Crippen molar-refractivity contribution in [3.05, 3.63) is 23.4 Å². The number of rotatable bonds is 4. The smallest absolute Gasteiger partial charge is 0.126 e. The van der Waals surface area contributed by atoms with Gasteiger partial charge in [-0.05, 0) is 36.8 Å². The van der Waals surface area contributed by atoms with E-state index in [1.54, 1.807) is 6.20 Å². The van der Waals surface area contributed by atoms with Crippen molar-refractivity contribution in [2.75, 3.05) is 5.73 Å². The van der Waals surface area contributed by atoms with E-state index in [9.17, 15) is 0 Å². The van der Waals surface area contributed by atoms with E-state index < -0.39 is 0 Å². The lowest BCUT2D eigenvalue weighted by Gasteiger charge is -2.13. The second-order valence-electron chi connectivity index (χ2n) is 4.36. The predicted molar refractivity (Wildman–Crippen MR) is 66.2 cm³/mol. The van der Waals surface area contributed by atoms with Crippen LogP contribution in [0.3, 0.4) is 0 Å². The molecule has 15 heavy (non-hydrogen) atoms. The molecule has 3 heteroatoms. The van der Waals surface area contributed by atoms with Crippen LogP contribution in [0.1, 0.15) is 31.4 Å². The van der Waals surface area contributed by atoms with Gasteiger partial charge in [0.15, 0.2) is 0 Å². The SMILES string of the molecule is Cc1cnc(N)c(CCC(Cl)C(C)C)c1. The number of hydrogen-bond acceptors (Lipinski definition) is 2. The first kappa shape index (κ1) is 12.3. The number of nitrogens with zero attached hydrogens (tertiary/aromatic N) is 1. The lowest BCUT2D eigenvalue weighted by Crippen LogP contribution is -2.10. The van der Waals surface area contributed by atoms with Crippen LogP contribution in [0.4, 0.5) is 5.82 Å². The Bertz CT molecular complexity index is 323. The highest BCUT2D eigenvalue weighted by atomic mass is 35.5. The van der Waals surface area contributed by atoms with Crippen molar-refractivity contribution >= 4 is 17.4 Å². The lowest BCUT2D eigenvalue weighted by molar-refractivity contribution is 0.565. The summed E-state index contributed by atoms with van der Waals surface area (Å²) in [5.74, 6) is 1.14. The molecule has 0 aliphatic carbocycles. The van der Waals surface area contributed by atoms with Crippen LogP contribution in [-0.4, -0.2) is 10.4 Å². The van der Waals surface area contributed by atoms with E-state index in [0.717, 1.165) is 24.0 Å². The molecule has 2 nitrogen and oxygen atoms in total. The summed E-state index contributed by atoms with van der Waals surface area (Å²) in [5.41, 5.74) is 8.06. The maximum absolute atomic E-state index is 6.20. The van der Waals surface area contributed by atoms with Gasteiger partial charge in [-0.25, -0.2) is 4.98 Å². The van der Waals surface area contributed by atoms with Crippen LogP contribution in [0.25, 0.3) is 0 Å². The number of anilines is 1. The van der Waals surface area contributed by atoms with Crippen LogP contribution >= 0.6 is 11.6 Å². The average molecular weight is 227 g/mol. The van der Waals surface area contributed by atoms with Crippen molar-refractivity contribution in [2.24, 2.45) is 5.92 Å². The number of nitrogens with two attached hydrogens (primary N) is 1. The summed E-state index contributed by atoms with van der Waals surface area (Å²) < 4.78 is 0. The van der Waals surface area contributed by atoms with Gasteiger partial charge in [0.25, 0.3) is 0 Å². The molecule has 1 unspecified atom stereocenters. The second kappa shape index (κ2) is 5.36. The molecule has 1 rings (SSSR count). The summed E-state index contributed by atoms with van der Waals surface area (Å²) in [6.07, 6.45) is 3.65. The monoisotopic (exact) mass is 226 g/mol. The Morgan fingerprint density at radius 1 is 1.47 bits per heavy atom. The van der Waals surface area contributed by atoms with E-state index >= 15 is 0 Å². The molecular weight excluding hydrogens is 208 g/mol. The molecule has 0 aromatic carbocycles. The van der Waals surface area contributed by atoms with Gasteiger partial charge in [0, 0.05) is 11.6 Å². The molecule has 0 saturated heterocycles. The Kier molecular flexibility index (Phi) is 4.40. The van der Waals surface area contributed by atoms with Gasteiger partial charge in [0.2, 0.25) is 0 Å². The highest BCUT2D eigenvalue weighted by Crippen LogP contribution is 2.19. The Balaban J connectivity index is 2.61. The molecule has 0 saturated carbocycles. The first-order valence-electron chi connectivity index (χ1n) is 5.35. The van der Waals surface area contributed by atoms with Gasteiger partial charge in [-0.3, -0.25) is 0 Å². The van der Waals surface area contributed by atoms with E-state index in [1.165, 1.54) is 0 Å². The van der Waals surface area contributed by atoms with Gasteiger partial charge in [0.1, 0.15) is 5.82 Å². The first-order chi connectivity index (χ1) is 7.00. The average Bonchev–Trinajstić information content (AvgIpc) is 2.18. The quantitative estimate of drug-likeness (QED) is 0.801. The van der Waals surface area contributed by atoms with Crippen LogP contribution in [0, 0.1) is 12.8 Å². The third-order valence-electron chi connectivity index (χ3n) is 2.55. The van der Waals surface area contributed by atoms with E-state index in [4.69, 9.17) is 17.3 Å². The molecule has 0 amide bonds. The number of aromatic nitrogens is 1. The fourth-order valence-electron chi connectivity index (χ4n) is 1.47. The normalized spacial score (nSPS) is 13.1. The van der Waals surface area contributed by atoms with Crippen LogP contribution in [0.15, 0.2) is 12.3 Å². The summed E-state index contributed by atoms with van der Waals surface area (Å²) in [4.78, 5) is 4.14. The minimum atomic E-state index is 0.213. The minimum Gasteiger partial charge on any atom is -0.383 e. The van der Waals surface area contributed by atoms with Crippen molar-refractivity contribution in [3.63, 3.8) is 0 Å². The Hall–Kier alpha value is -0.760. The van der Waals surface area contributed by atoms with Crippen LogP contribution < -0.4 is 5.73 Å². The van der Waals surface area contributed by atoms with E-state index in [1.807, 2.05) is 6.92 Å². The number of nitrogen functional groups attached to an aromatic ring is 1. The molecule has 0 fully saturated rings. The summed E-state index contributed by atoms with van der Waals surface area (Å²) in [6.45, 7) is 6.29. The predicted octanol–water partition coefficient (Wildman–Crippen LogP) is 3.17. The van der Waals surface area contributed by atoms with Crippen LogP contribution in [-0.2, 0) is 6.42 Å². The van der Waals surface area contributed by atoms with Gasteiger partial charge >= 0.3 is 0 Å². The molecule has 1 heterocycles. The van der Waals surface area contributed by atoms with Crippen molar-refractivity contribution in [2.45, 2.75) is 39.0 Å². The van der Waals surface area contributed by atoms with E-state index in [2.05, 4.69) is 24.9 Å². The molecular formula is C12H19ClN2. The molecule has 0 radical (unpaired) electrons. The highest BCUT2D eigenvalue weighted by molar-refractivity contribution is 6.20. The van der Waals surface area contributed by atoms with Gasteiger partial charge in [0.05, 0.1) is 0 Å². The lowest BCUT2D eigenvalue weighted by atomic mass is 10.0. The molecule has 0 aliphatic rings. The minimum absolute atomic E-state index is 0.213. The number of hydrogen-bond donors (Lipinski definition) is 1. The molecule has 0 aliphatic heterocycles. The summed E-state index contributed by atoms with van der Waals surface area (Å²) in [5, 5.41) is 0.213. The molecule has 1 atom stereocenters. The molecule has 0 spiro atoms. The van der Waals surface area contributed by atoms with Gasteiger partial charge < -0.3 is 5.73 Å². The largest absolute Gasteiger partial charge is 0.383 e. The number of aryl methyl sites for hydroxylation is 2. The Morgan fingerprint density at radius 3 is 2.73 bits per heavy atom. The number of pyridine rings is 1. The topological polar surface area (TPSA) is 38.9 Å². The maximum atomic E-state index is 6.20. The standard InChI is InChI=1S/C12H19ClN2/c1-8(2)11(13)5-4-10-6-9(3)7-15-12(10)14/h6-8,11H,4-5H2,1-3H3,(H2,14,15). The zero-order chi connectivity index (χ0) is 11.4. The molecule has 84 valence electrons. The van der Waals surface area contributed by atoms with Crippen molar-refractivity contribution in [1.29, 1.82) is 0 Å². The molecule has 1 aromatic heterocycles. The Morgan fingerprint density at radius 2 is 2.13 bits per heavy atom. The molecule has 1 aromatic rings. The van der Waals surface area contributed by atoms with Crippen molar-refractivity contribution < 1.29 is 0 Å². The third kappa shape index (κ3) is 3.71. The Labute approximate surface area is 96.8 Å². The van der Waals surface area contributed by atoms with Gasteiger partial charge in [-0.1, -0.05) is 19.9 Å².